The third kappa shape index (κ3) is 6.94. The number of carbonyl (C=O) groups excluding carboxylic acids is 2. The minimum absolute atomic E-state index is 0.105. The first kappa shape index (κ1) is 30.2. The molecule has 2 aliphatic heterocycles. The van der Waals surface area contributed by atoms with Gasteiger partial charge in [-0.15, -0.1) is 0 Å². The Morgan fingerprint density at radius 1 is 0.844 bits per heavy atom. The summed E-state index contributed by atoms with van der Waals surface area (Å²) in [5.41, 5.74) is 8.31. The number of ether oxygens (including phenoxy) is 1. The van der Waals surface area contributed by atoms with Crippen LogP contribution < -0.4 is 19.9 Å². The fraction of sp³-hybridized carbons (Fsp3) is 0.263. The molecule has 0 spiro atoms. The number of nitrogens with one attached hydrogen (secondary N) is 1. The van der Waals surface area contributed by atoms with Crippen LogP contribution in [0.25, 0.3) is 6.08 Å². The number of anilines is 2. The Kier molecular flexibility index (Phi) is 8.98. The van der Waals surface area contributed by atoms with Crippen LogP contribution in [0.4, 0.5) is 11.4 Å². The van der Waals surface area contributed by atoms with Crippen LogP contribution in [0, 0.1) is 20.8 Å². The van der Waals surface area contributed by atoms with Crippen LogP contribution in [0.3, 0.4) is 0 Å². The summed E-state index contributed by atoms with van der Waals surface area (Å²) < 4.78 is 6.05. The summed E-state index contributed by atoms with van der Waals surface area (Å²) in [5, 5.41) is 3.06. The van der Waals surface area contributed by atoms with E-state index in [4.69, 9.17) is 4.74 Å². The topological polar surface area (TPSA) is 65.1 Å². The van der Waals surface area contributed by atoms with Crippen LogP contribution in [0.15, 0.2) is 96.8 Å². The van der Waals surface area contributed by atoms with E-state index in [1.54, 1.807) is 23.1 Å². The summed E-state index contributed by atoms with van der Waals surface area (Å²) >= 11 is 0. The summed E-state index contributed by atoms with van der Waals surface area (Å²) in [4.78, 5) is 33.1. The summed E-state index contributed by atoms with van der Waals surface area (Å²) in [6, 6.07) is 29.5. The average Bonchev–Trinajstić information content (AvgIpc) is 3.05. The molecule has 4 aromatic rings. The number of fused-ring (bicyclic) bond motifs is 1. The lowest BCUT2D eigenvalue weighted by Gasteiger charge is -2.37. The van der Waals surface area contributed by atoms with Gasteiger partial charge in [0.05, 0.1) is 12.2 Å². The molecule has 0 atom stereocenters. The minimum Gasteiger partial charge on any atom is -0.449 e. The first-order valence-corrected chi connectivity index (χ1v) is 15.6. The maximum Gasteiger partial charge on any atom is 0.294 e. The number of rotatable bonds is 8. The van der Waals surface area contributed by atoms with Crippen LogP contribution in [0.5, 0.6) is 5.75 Å². The van der Waals surface area contributed by atoms with Crippen LogP contribution in [-0.2, 0) is 11.3 Å². The van der Waals surface area contributed by atoms with Crippen molar-refractivity contribution in [2.45, 2.75) is 27.3 Å². The molecule has 7 heteroatoms. The third-order valence-electron chi connectivity index (χ3n) is 8.73. The van der Waals surface area contributed by atoms with Crippen molar-refractivity contribution >= 4 is 29.3 Å². The first-order valence-electron chi connectivity index (χ1n) is 15.6. The quantitative estimate of drug-likeness (QED) is 0.247. The molecule has 1 N–H and O–H groups in total. The maximum atomic E-state index is 13.6. The predicted molar refractivity (Wildman–Crippen MR) is 181 cm³/mol. The van der Waals surface area contributed by atoms with Gasteiger partial charge in [0.1, 0.15) is 0 Å². The number of para-hydroxylation sites is 2. The average molecular weight is 601 g/mol. The van der Waals surface area contributed by atoms with E-state index in [2.05, 4.69) is 53.2 Å². The number of benzene rings is 4. The molecule has 230 valence electrons. The van der Waals surface area contributed by atoms with Gasteiger partial charge in [0.15, 0.2) is 11.5 Å². The monoisotopic (exact) mass is 600 g/mol. The molecule has 0 bridgehead atoms. The van der Waals surface area contributed by atoms with Crippen molar-refractivity contribution in [2.24, 2.45) is 0 Å². The minimum atomic E-state index is -0.202. The molecule has 6 rings (SSSR count). The van der Waals surface area contributed by atoms with Crippen LogP contribution in [0.2, 0.25) is 0 Å². The molecule has 0 radical (unpaired) electrons. The lowest BCUT2D eigenvalue weighted by atomic mass is 10.1. The lowest BCUT2D eigenvalue weighted by molar-refractivity contribution is -0.117. The van der Waals surface area contributed by atoms with Gasteiger partial charge in [0.2, 0.25) is 0 Å². The fourth-order valence-corrected chi connectivity index (χ4v) is 6.01. The van der Waals surface area contributed by atoms with Gasteiger partial charge in [0.25, 0.3) is 11.8 Å². The van der Waals surface area contributed by atoms with E-state index < -0.39 is 0 Å². The smallest absolute Gasteiger partial charge is 0.294 e. The van der Waals surface area contributed by atoms with E-state index >= 15 is 0 Å². The molecule has 0 saturated carbocycles. The number of piperazine rings is 1. The van der Waals surface area contributed by atoms with E-state index in [9.17, 15) is 9.59 Å². The fourth-order valence-electron chi connectivity index (χ4n) is 6.01. The van der Waals surface area contributed by atoms with E-state index in [0.717, 1.165) is 55.1 Å². The molecule has 0 aliphatic carbocycles. The molecule has 2 amide bonds. The molecule has 2 aliphatic rings. The zero-order chi connectivity index (χ0) is 31.3. The highest BCUT2D eigenvalue weighted by Gasteiger charge is 2.30. The van der Waals surface area contributed by atoms with Crippen LogP contribution in [0.1, 0.15) is 38.2 Å². The first-order chi connectivity index (χ1) is 21.9. The van der Waals surface area contributed by atoms with Crippen molar-refractivity contribution in [3.63, 3.8) is 0 Å². The van der Waals surface area contributed by atoms with Gasteiger partial charge in [-0.25, -0.2) is 0 Å². The van der Waals surface area contributed by atoms with Crippen LogP contribution >= 0.6 is 0 Å². The normalized spacial score (nSPS) is 16.0. The molecule has 4 aromatic carbocycles. The number of carbonyl (C=O) groups is 2. The zero-order valence-corrected chi connectivity index (χ0v) is 26.3. The van der Waals surface area contributed by atoms with Gasteiger partial charge in [-0.2, -0.15) is 0 Å². The standard InChI is InChI=1S/C38H40N4O3/c1-27-8-6-10-31(24-27)26-42-34-11-4-5-13-35(34)45-36(38(42)44)25-30-14-16-32(17-15-30)37(43)39-18-19-40-20-22-41(23-21-40)33-12-7-9-28(2)29(33)3/h4-17,24-25H,18-23,26H2,1-3H3,(H,39,43). The largest absolute Gasteiger partial charge is 0.449 e. The molecule has 0 unspecified atom stereocenters. The highest BCUT2D eigenvalue weighted by atomic mass is 16.5. The number of amides is 2. The second kappa shape index (κ2) is 13.4. The predicted octanol–water partition coefficient (Wildman–Crippen LogP) is 6.13. The van der Waals surface area contributed by atoms with Gasteiger partial charge in [-0.05, 0) is 79.4 Å². The lowest BCUT2D eigenvalue weighted by Crippen LogP contribution is -2.48. The highest BCUT2D eigenvalue weighted by Crippen LogP contribution is 2.36. The van der Waals surface area contributed by atoms with Crippen molar-refractivity contribution in [1.82, 2.24) is 10.2 Å². The molecule has 2 heterocycles. The highest BCUT2D eigenvalue weighted by molar-refractivity contribution is 6.09. The number of hydrogen-bond acceptors (Lipinski definition) is 5. The van der Waals surface area contributed by atoms with Crippen molar-refractivity contribution in [3.05, 3.63) is 130 Å². The molecule has 1 fully saturated rings. The van der Waals surface area contributed by atoms with E-state index in [0.29, 0.717) is 24.4 Å². The van der Waals surface area contributed by atoms with Gasteiger partial charge in [-0.1, -0.05) is 66.2 Å². The molecule has 0 aromatic heterocycles. The second-order valence-corrected chi connectivity index (χ2v) is 11.9. The Bertz CT molecular complexity index is 1720. The zero-order valence-electron chi connectivity index (χ0n) is 26.3. The van der Waals surface area contributed by atoms with Gasteiger partial charge in [-0.3, -0.25) is 19.4 Å². The molecule has 7 nitrogen and oxygen atoms in total. The summed E-state index contributed by atoms with van der Waals surface area (Å²) in [7, 11) is 0. The summed E-state index contributed by atoms with van der Waals surface area (Å²) in [6.07, 6.45) is 1.74. The second-order valence-electron chi connectivity index (χ2n) is 11.9. The molecular formula is C38H40N4O3. The summed E-state index contributed by atoms with van der Waals surface area (Å²) in [6.45, 7) is 12.2. The summed E-state index contributed by atoms with van der Waals surface area (Å²) in [5.74, 6) is 0.577. The van der Waals surface area contributed by atoms with E-state index in [-0.39, 0.29) is 17.6 Å². The van der Waals surface area contributed by atoms with E-state index in [1.165, 1.54) is 16.8 Å². The SMILES string of the molecule is Cc1cccc(CN2C(=O)C(=Cc3ccc(C(=O)NCCN4CCN(c5cccc(C)c5C)CC4)cc3)Oc3ccccc32)c1. The number of nitrogens with zero attached hydrogens (tertiary/aromatic N) is 3. The Hall–Kier alpha value is -4.88. The Morgan fingerprint density at radius 2 is 1.58 bits per heavy atom. The Balaban J connectivity index is 1.04. The van der Waals surface area contributed by atoms with Crippen molar-refractivity contribution in [1.29, 1.82) is 0 Å². The molecule has 45 heavy (non-hydrogen) atoms. The number of hydrogen-bond donors (Lipinski definition) is 1. The molecule has 1 saturated heterocycles. The van der Waals surface area contributed by atoms with Crippen LogP contribution in [-0.4, -0.2) is 56.0 Å². The van der Waals surface area contributed by atoms with Gasteiger partial charge >= 0.3 is 0 Å². The third-order valence-corrected chi connectivity index (χ3v) is 8.73. The van der Waals surface area contributed by atoms with Gasteiger partial charge < -0.3 is 15.0 Å². The van der Waals surface area contributed by atoms with Crippen molar-refractivity contribution in [2.75, 3.05) is 49.1 Å². The van der Waals surface area contributed by atoms with Gasteiger partial charge in [0, 0.05) is 50.5 Å². The Labute approximate surface area is 265 Å². The van der Waals surface area contributed by atoms with E-state index in [1.807, 2.05) is 61.5 Å². The Morgan fingerprint density at radius 3 is 2.36 bits per heavy atom. The maximum absolute atomic E-state index is 13.6. The number of aryl methyl sites for hydroxylation is 2. The molecular weight excluding hydrogens is 560 g/mol. The van der Waals surface area contributed by atoms with Crippen molar-refractivity contribution < 1.29 is 14.3 Å². The van der Waals surface area contributed by atoms with Crippen molar-refractivity contribution in [3.8, 4) is 5.75 Å².